The third-order valence-electron chi connectivity index (χ3n) is 8.37. The molecule has 13 heteroatoms. The Hall–Kier alpha value is -5.07. The second kappa shape index (κ2) is 13.3. The quantitative estimate of drug-likeness (QED) is 0.130. The number of hydrogen-bond acceptors (Lipinski definition) is 9. The van der Waals surface area contributed by atoms with Crippen molar-refractivity contribution in [1.29, 1.82) is 0 Å². The molecule has 6 aromatic heterocycles. The molecule has 0 amide bonds. The van der Waals surface area contributed by atoms with Crippen LogP contribution in [0.15, 0.2) is 110 Å². The van der Waals surface area contributed by atoms with Crippen molar-refractivity contribution < 1.29 is 4.79 Å². The Balaban J connectivity index is 1.11. The minimum atomic E-state index is -0.118. The number of fused-ring (bicyclic) bond motifs is 2. The number of aromatic nitrogens is 6. The summed E-state index contributed by atoms with van der Waals surface area (Å²) in [5.74, 6) is -0.118. The molecule has 248 valence electrons. The van der Waals surface area contributed by atoms with Gasteiger partial charge in [-0.2, -0.15) is 0 Å². The molecular weight excluding hydrogens is 708 g/mol. The third kappa shape index (κ3) is 6.13. The monoisotopic (exact) mass is 734 g/mol. The Morgan fingerprint density at radius 3 is 1.48 bits per heavy atom. The molecule has 8 aromatic rings. The summed E-state index contributed by atoms with van der Waals surface area (Å²) in [5, 5.41) is 6.33. The first kappa shape index (κ1) is 32.2. The first-order chi connectivity index (χ1) is 24.3. The van der Waals surface area contributed by atoms with E-state index in [1.54, 1.807) is 12.4 Å². The number of carbonyl (C=O) groups excluding carboxylic acids is 1. The second-order valence-electron chi connectivity index (χ2n) is 11.8. The lowest BCUT2D eigenvalue weighted by Gasteiger charge is -2.15. The molecule has 2 aromatic carbocycles. The van der Waals surface area contributed by atoms with Crippen molar-refractivity contribution in [1.82, 2.24) is 29.1 Å². The highest BCUT2D eigenvalue weighted by Gasteiger charge is 2.24. The molecule has 50 heavy (non-hydrogen) atoms. The van der Waals surface area contributed by atoms with Gasteiger partial charge < -0.3 is 9.80 Å². The molecule has 0 aliphatic carbocycles. The van der Waals surface area contributed by atoms with Gasteiger partial charge >= 0.3 is 0 Å². The molecule has 0 spiro atoms. The number of carbonyl (C=O) groups is 1. The number of rotatable bonds is 10. The fourth-order valence-electron chi connectivity index (χ4n) is 5.91. The molecule has 0 radical (unpaired) electrons. The van der Waals surface area contributed by atoms with Crippen LogP contribution in [0.1, 0.15) is 27.0 Å². The van der Waals surface area contributed by atoms with Gasteiger partial charge in [-0.1, -0.05) is 70.1 Å². The van der Waals surface area contributed by atoms with Crippen LogP contribution in [0.25, 0.3) is 32.1 Å². The van der Waals surface area contributed by atoms with Crippen molar-refractivity contribution in [2.75, 3.05) is 23.9 Å². The Morgan fingerprint density at radius 1 is 0.640 bits per heavy atom. The molecule has 0 saturated heterocycles. The highest BCUT2D eigenvalue weighted by Crippen LogP contribution is 2.35. The van der Waals surface area contributed by atoms with Gasteiger partial charge in [-0.3, -0.25) is 13.9 Å². The van der Waals surface area contributed by atoms with Crippen molar-refractivity contribution in [3.8, 4) is 10.0 Å². The number of benzene rings is 2. The van der Waals surface area contributed by atoms with Gasteiger partial charge in [0.1, 0.15) is 21.3 Å². The van der Waals surface area contributed by atoms with E-state index in [1.807, 2.05) is 121 Å². The van der Waals surface area contributed by atoms with Crippen LogP contribution in [-0.4, -0.2) is 48.9 Å². The summed E-state index contributed by atoms with van der Waals surface area (Å²) >= 11 is 15.2. The van der Waals surface area contributed by atoms with Gasteiger partial charge in [-0.25, -0.2) is 19.9 Å². The van der Waals surface area contributed by atoms with E-state index in [9.17, 15) is 4.79 Å². The fourth-order valence-corrected chi connectivity index (χ4v) is 7.88. The maximum atomic E-state index is 14.5. The first-order valence-corrected chi connectivity index (χ1v) is 18.0. The third-order valence-corrected chi connectivity index (χ3v) is 11.1. The molecule has 0 aliphatic rings. The minimum absolute atomic E-state index is 0.118. The van der Waals surface area contributed by atoms with Crippen LogP contribution < -0.4 is 9.80 Å². The fraction of sp³-hybridized carbons (Fsp3) is 0.108. The van der Waals surface area contributed by atoms with Crippen LogP contribution in [-0.2, 0) is 13.1 Å². The summed E-state index contributed by atoms with van der Waals surface area (Å²) in [6.45, 7) is 1.35. The average molecular weight is 736 g/mol. The standard InChI is InChI=1S/C37H28Cl2N8OS2/c1-44(19-23-7-11-25(38)12-8-23)36-42-17-31(49-36)46-21-29(27-5-3-15-40-34(27)46)33(48)30-22-47(35-28(30)6-4-16-41-35)32-18-43-37(50-32)45(2)20-24-9-13-26(39)14-10-24/h3-18,21-22H,19-20H2,1-2H3. The van der Waals surface area contributed by atoms with Gasteiger partial charge in [-0.05, 0) is 59.7 Å². The molecule has 0 atom stereocenters. The SMILES string of the molecule is CN(Cc1ccc(Cl)cc1)c1ncc(-n2cc(C(=O)c3cn(-c4cnc(N(C)Cc5ccc(Cl)cc5)s4)c4ncccc34)c3cccnc32)s1. The number of nitrogens with zero attached hydrogens (tertiary/aromatic N) is 8. The molecule has 6 heterocycles. The number of thiazole rings is 2. The molecule has 0 saturated carbocycles. The molecule has 0 unspecified atom stereocenters. The number of halogens is 2. The molecule has 9 nitrogen and oxygen atoms in total. The summed E-state index contributed by atoms with van der Waals surface area (Å²) in [4.78, 5) is 37.4. The largest absolute Gasteiger partial charge is 0.347 e. The van der Waals surface area contributed by atoms with Crippen molar-refractivity contribution in [2.24, 2.45) is 0 Å². The Kier molecular flexibility index (Phi) is 8.57. The first-order valence-electron chi connectivity index (χ1n) is 15.6. The zero-order valence-corrected chi connectivity index (χ0v) is 30.0. The number of anilines is 2. The van der Waals surface area contributed by atoms with Crippen molar-refractivity contribution in [3.05, 3.63) is 142 Å². The van der Waals surface area contributed by atoms with Gasteiger partial charge in [-0.15, -0.1) is 0 Å². The number of ketones is 1. The van der Waals surface area contributed by atoms with Crippen LogP contribution in [0, 0.1) is 0 Å². The second-order valence-corrected chi connectivity index (χ2v) is 14.7. The van der Waals surface area contributed by atoms with Crippen molar-refractivity contribution in [3.63, 3.8) is 0 Å². The Labute approximate surface area is 305 Å². The zero-order valence-electron chi connectivity index (χ0n) is 26.9. The normalized spacial score (nSPS) is 11.4. The van der Waals surface area contributed by atoms with Gasteiger partial charge in [0.25, 0.3) is 0 Å². The highest BCUT2D eigenvalue weighted by molar-refractivity contribution is 7.18. The van der Waals surface area contributed by atoms with Gasteiger partial charge in [0.2, 0.25) is 0 Å². The van der Waals surface area contributed by atoms with Crippen LogP contribution in [0.5, 0.6) is 0 Å². The van der Waals surface area contributed by atoms with E-state index in [0.717, 1.165) is 42.2 Å². The summed E-state index contributed by atoms with van der Waals surface area (Å²) in [6.07, 6.45) is 10.9. The number of hydrogen-bond donors (Lipinski definition) is 0. The van der Waals surface area contributed by atoms with E-state index in [0.29, 0.717) is 45.6 Å². The minimum Gasteiger partial charge on any atom is -0.347 e. The smallest absolute Gasteiger partial charge is 0.197 e. The van der Waals surface area contributed by atoms with E-state index < -0.39 is 0 Å². The number of pyridine rings is 2. The van der Waals surface area contributed by atoms with Crippen molar-refractivity contribution in [2.45, 2.75) is 13.1 Å². The Bertz CT molecular complexity index is 2310. The molecule has 0 bridgehead atoms. The van der Waals surface area contributed by atoms with Crippen LogP contribution in [0.2, 0.25) is 10.0 Å². The molecule has 0 N–H and O–H groups in total. The molecule has 0 aliphatic heterocycles. The van der Waals surface area contributed by atoms with Crippen molar-refractivity contribution >= 4 is 84.0 Å². The van der Waals surface area contributed by atoms with Gasteiger partial charge in [0.15, 0.2) is 16.0 Å². The van der Waals surface area contributed by atoms with E-state index in [1.165, 1.54) is 22.7 Å². The van der Waals surface area contributed by atoms with Gasteiger partial charge in [0, 0.05) is 72.8 Å². The van der Waals surface area contributed by atoms with E-state index in [-0.39, 0.29) is 5.78 Å². The van der Waals surface area contributed by atoms with E-state index in [4.69, 9.17) is 33.2 Å². The predicted molar refractivity (Wildman–Crippen MR) is 204 cm³/mol. The average Bonchev–Trinajstić information content (AvgIpc) is 3.94. The topological polar surface area (TPSA) is 85.0 Å². The summed E-state index contributed by atoms with van der Waals surface area (Å²) in [6, 6.07) is 23.2. The lowest BCUT2D eigenvalue weighted by molar-refractivity contribution is 0.104. The molecule has 8 rings (SSSR count). The van der Waals surface area contributed by atoms with Crippen LogP contribution >= 0.6 is 45.9 Å². The van der Waals surface area contributed by atoms with E-state index in [2.05, 4.69) is 19.8 Å². The highest BCUT2D eigenvalue weighted by atomic mass is 35.5. The maximum absolute atomic E-state index is 14.5. The van der Waals surface area contributed by atoms with Gasteiger partial charge in [0.05, 0.1) is 23.5 Å². The molecule has 0 fully saturated rings. The Morgan fingerprint density at radius 2 is 1.06 bits per heavy atom. The summed E-state index contributed by atoms with van der Waals surface area (Å²) in [7, 11) is 4.01. The molecular formula is C37H28Cl2N8OS2. The predicted octanol–water partition coefficient (Wildman–Crippen LogP) is 9.09. The summed E-state index contributed by atoms with van der Waals surface area (Å²) < 4.78 is 3.90. The van der Waals surface area contributed by atoms with Crippen LogP contribution in [0.3, 0.4) is 0 Å². The lowest BCUT2D eigenvalue weighted by atomic mass is 10.0. The van der Waals surface area contributed by atoms with Crippen LogP contribution in [0.4, 0.5) is 10.3 Å². The van der Waals surface area contributed by atoms with E-state index >= 15 is 0 Å². The zero-order chi connectivity index (χ0) is 34.4. The maximum Gasteiger partial charge on any atom is 0.197 e. The lowest BCUT2D eigenvalue weighted by Crippen LogP contribution is -2.15. The summed E-state index contributed by atoms with van der Waals surface area (Å²) in [5.41, 5.74) is 4.72.